The quantitative estimate of drug-likeness (QED) is 0.907. The normalized spacial score (nSPS) is 12.4. The summed E-state index contributed by atoms with van der Waals surface area (Å²) in [6, 6.07) is 5.44. The number of nitrogens with zero attached hydrogens (tertiary/aromatic N) is 2. The van der Waals surface area contributed by atoms with E-state index in [1.807, 2.05) is 29.9 Å². The van der Waals surface area contributed by atoms with Crippen LogP contribution in [0, 0.1) is 0 Å². The van der Waals surface area contributed by atoms with Gasteiger partial charge in [0.05, 0.1) is 12.4 Å². The highest BCUT2D eigenvalue weighted by Gasteiger charge is 2.08. The second-order valence-electron chi connectivity index (χ2n) is 4.51. The Morgan fingerprint density at radius 3 is 2.84 bits per heavy atom. The molecule has 1 aromatic heterocycles. The lowest BCUT2D eigenvalue weighted by molar-refractivity contribution is 0.480. The zero-order valence-corrected chi connectivity index (χ0v) is 11.9. The fraction of sp³-hybridized carbons (Fsp3) is 0.357. The van der Waals surface area contributed by atoms with Gasteiger partial charge in [0.2, 0.25) is 0 Å². The van der Waals surface area contributed by atoms with Gasteiger partial charge in [0.15, 0.2) is 5.75 Å². The maximum atomic E-state index is 6.16. The lowest BCUT2D eigenvalue weighted by atomic mass is 10.1. The molecule has 19 heavy (non-hydrogen) atoms. The number of aromatic nitrogens is 2. The number of halogens is 1. The van der Waals surface area contributed by atoms with Crippen LogP contribution in [-0.2, 0) is 6.54 Å². The molecule has 5 heteroatoms. The number of benzene rings is 1. The molecule has 0 spiro atoms. The van der Waals surface area contributed by atoms with Crippen LogP contribution in [0.2, 0.25) is 5.02 Å². The summed E-state index contributed by atoms with van der Waals surface area (Å²) in [5, 5.41) is 4.83. The number of hydrogen-bond donors (Lipinski definition) is 1. The average Bonchev–Trinajstić information content (AvgIpc) is 2.76. The second kappa shape index (κ2) is 6.08. The molecule has 0 bridgehead atoms. The van der Waals surface area contributed by atoms with Crippen LogP contribution in [0.4, 0.5) is 0 Å². The van der Waals surface area contributed by atoms with Crippen LogP contribution in [0.5, 0.6) is 11.5 Å². The summed E-state index contributed by atoms with van der Waals surface area (Å²) in [6.07, 6.45) is 4.61. The summed E-state index contributed by atoms with van der Waals surface area (Å²) in [6.45, 7) is 4.89. The minimum atomic E-state index is -0.0890. The number of aryl methyl sites for hydroxylation is 1. The Hall–Kier alpha value is -1.52. The third-order valence-electron chi connectivity index (χ3n) is 2.76. The Kier molecular flexibility index (Phi) is 4.45. The number of nitrogens with two attached hydrogens (primary N) is 1. The van der Waals surface area contributed by atoms with E-state index in [0.29, 0.717) is 16.5 Å². The maximum Gasteiger partial charge on any atom is 0.165 e. The van der Waals surface area contributed by atoms with Gasteiger partial charge in [-0.2, -0.15) is 5.10 Å². The molecule has 2 aromatic rings. The predicted octanol–water partition coefficient (Wildman–Crippen LogP) is 3.76. The van der Waals surface area contributed by atoms with Crippen LogP contribution < -0.4 is 10.5 Å². The molecule has 0 aliphatic carbocycles. The molecule has 2 rings (SSSR count). The van der Waals surface area contributed by atoms with Crippen molar-refractivity contribution in [1.29, 1.82) is 0 Å². The van der Waals surface area contributed by atoms with E-state index in [1.54, 1.807) is 12.3 Å². The van der Waals surface area contributed by atoms with E-state index in [0.717, 1.165) is 18.5 Å². The first-order valence-electron chi connectivity index (χ1n) is 6.35. The molecule has 0 saturated heterocycles. The molecule has 1 aromatic carbocycles. The van der Waals surface area contributed by atoms with Gasteiger partial charge in [0.25, 0.3) is 0 Å². The van der Waals surface area contributed by atoms with Gasteiger partial charge in [0.1, 0.15) is 5.75 Å². The molecular formula is C14H18ClN3O. The van der Waals surface area contributed by atoms with Crippen molar-refractivity contribution in [3.05, 3.63) is 41.2 Å². The lowest BCUT2D eigenvalue weighted by Crippen LogP contribution is -2.05. The van der Waals surface area contributed by atoms with Gasteiger partial charge >= 0.3 is 0 Å². The maximum absolute atomic E-state index is 6.16. The van der Waals surface area contributed by atoms with Gasteiger partial charge in [-0.15, -0.1) is 0 Å². The predicted molar refractivity (Wildman–Crippen MR) is 76.6 cm³/mol. The van der Waals surface area contributed by atoms with E-state index in [2.05, 4.69) is 12.0 Å². The largest absolute Gasteiger partial charge is 0.454 e. The summed E-state index contributed by atoms with van der Waals surface area (Å²) in [5.41, 5.74) is 6.73. The number of ether oxygens (including phenoxy) is 1. The first-order chi connectivity index (χ1) is 9.10. The Morgan fingerprint density at radius 2 is 2.21 bits per heavy atom. The van der Waals surface area contributed by atoms with Gasteiger partial charge in [0, 0.05) is 17.6 Å². The van der Waals surface area contributed by atoms with Crippen molar-refractivity contribution in [1.82, 2.24) is 9.78 Å². The summed E-state index contributed by atoms with van der Waals surface area (Å²) in [5.74, 6) is 1.39. The Balaban J connectivity index is 2.12. The molecule has 0 fully saturated rings. The van der Waals surface area contributed by atoms with Crippen LogP contribution in [-0.4, -0.2) is 9.78 Å². The first-order valence-corrected chi connectivity index (χ1v) is 6.73. The summed E-state index contributed by atoms with van der Waals surface area (Å²) >= 11 is 6.16. The third-order valence-corrected chi connectivity index (χ3v) is 3.09. The van der Waals surface area contributed by atoms with Gasteiger partial charge in [-0.05, 0) is 31.0 Å². The van der Waals surface area contributed by atoms with Crippen molar-refractivity contribution in [3.8, 4) is 11.5 Å². The average molecular weight is 280 g/mol. The zero-order chi connectivity index (χ0) is 13.8. The second-order valence-corrected chi connectivity index (χ2v) is 4.92. The van der Waals surface area contributed by atoms with Crippen molar-refractivity contribution in [3.63, 3.8) is 0 Å². The highest BCUT2D eigenvalue weighted by Crippen LogP contribution is 2.29. The zero-order valence-electron chi connectivity index (χ0n) is 11.1. The SMILES string of the molecule is CCCn1cc(Oc2ccc(C(C)N)c(Cl)c2)cn1. The Bertz CT molecular complexity index is 551. The molecule has 4 nitrogen and oxygen atoms in total. The minimum Gasteiger partial charge on any atom is -0.454 e. The smallest absolute Gasteiger partial charge is 0.165 e. The molecule has 1 unspecified atom stereocenters. The molecule has 1 heterocycles. The molecule has 1 atom stereocenters. The fourth-order valence-electron chi connectivity index (χ4n) is 1.83. The summed E-state index contributed by atoms with van der Waals surface area (Å²) in [7, 11) is 0. The summed E-state index contributed by atoms with van der Waals surface area (Å²) in [4.78, 5) is 0. The Labute approximate surface area is 118 Å². The molecule has 2 N–H and O–H groups in total. The van der Waals surface area contributed by atoms with Crippen molar-refractivity contribution in [2.24, 2.45) is 5.73 Å². The van der Waals surface area contributed by atoms with E-state index in [4.69, 9.17) is 22.1 Å². The van der Waals surface area contributed by atoms with E-state index >= 15 is 0 Å². The molecule has 0 aliphatic rings. The lowest BCUT2D eigenvalue weighted by Gasteiger charge is -2.10. The van der Waals surface area contributed by atoms with Crippen molar-refractivity contribution >= 4 is 11.6 Å². The molecule has 0 radical (unpaired) electrons. The summed E-state index contributed by atoms with van der Waals surface area (Å²) < 4.78 is 7.57. The monoisotopic (exact) mass is 279 g/mol. The van der Waals surface area contributed by atoms with E-state index in [9.17, 15) is 0 Å². The van der Waals surface area contributed by atoms with Crippen LogP contribution >= 0.6 is 11.6 Å². The van der Waals surface area contributed by atoms with Crippen LogP contribution in [0.25, 0.3) is 0 Å². The van der Waals surface area contributed by atoms with E-state index < -0.39 is 0 Å². The molecule has 0 aliphatic heterocycles. The third kappa shape index (κ3) is 3.49. The number of rotatable bonds is 5. The molecule has 102 valence electrons. The van der Waals surface area contributed by atoms with E-state index in [-0.39, 0.29) is 6.04 Å². The van der Waals surface area contributed by atoms with Gasteiger partial charge in [-0.1, -0.05) is 24.6 Å². The minimum absolute atomic E-state index is 0.0890. The number of hydrogen-bond acceptors (Lipinski definition) is 3. The highest BCUT2D eigenvalue weighted by molar-refractivity contribution is 6.31. The highest BCUT2D eigenvalue weighted by atomic mass is 35.5. The van der Waals surface area contributed by atoms with Crippen molar-refractivity contribution in [2.75, 3.05) is 0 Å². The Morgan fingerprint density at radius 1 is 1.42 bits per heavy atom. The van der Waals surface area contributed by atoms with Gasteiger partial charge in [-0.25, -0.2) is 0 Å². The van der Waals surface area contributed by atoms with E-state index in [1.165, 1.54) is 0 Å². The fourth-order valence-corrected chi connectivity index (χ4v) is 2.17. The van der Waals surface area contributed by atoms with Crippen molar-refractivity contribution < 1.29 is 4.74 Å². The van der Waals surface area contributed by atoms with Gasteiger partial charge in [-0.3, -0.25) is 4.68 Å². The molecular weight excluding hydrogens is 262 g/mol. The standard InChI is InChI=1S/C14H18ClN3O/c1-3-6-18-9-12(8-17-18)19-11-4-5-13(10(2)16)14(15)7-11/h4-5,7-10H,3,6,16H2,1-2H3. The van der Waals surface area contributed by atoms with Crippen molar-refractivity contribution in [2.45, 2.75) is 32.9 Å². The topological polar surface area (TPSA) is 53.1 Å². The van der Waals surface area contributed by atoms with Crippen LogP contribution in [0.3, 0.4) is 0 Å². The molecule has 0 saturated carbocycles. The molecule has 0 amide bonds. The van der Waals surface area contributed by atoms with Crippen LogP contribution in [0.1, 0.15) is 31.9 Å². The first kappa shape index (κ1) is 13.9. The van der Waals surface area contributed by atoms with Crippen LogP contribution in [0.15, 0.2) is 30.6 Å². The van der Waals surface area contributed by atoms with Gasteiger partial charge < -0.3 is 10.5 Å².